The van der Waals surface area contributed by atoms with Crippen LogP contribution in [-0.2, 0) is 11.3 Å². The number of methoxy groups -OCH3 is 1. The second kappa shape index (κ2) is 8.59. The Morgan fingerprint density at radius 3 is 2.57 bits per heavy atom. The van der Waals surface area contributed by atoms with E-state index in [4.69, 9.17) is 9.47 Å². The molecule has 28 heavy (non-hydrogen) atoms. The summed E-state index contributed by atoms with van der Waals surface area (Å²) in [5, 5.41) is 2.83. The Hall–Kier alpha value is -1.96. The first-order valence-electron chi connectivity index (χ1n) is 9.68. The second-order valence-electron chi connectivity index (χ2n) is 7.62. The molecule has 156 valence electrons. The van der Waals surface area contributed by atoms with Gasteiger partial charge in [0.2, 0.25) is 11.8 Å². The molecule has 0 aromatic heterocycles. The molecule has 1 amide bonds. The SMILES string of the molecule is COc1cc(OC2CCC(F)(F)CC2)c(F)cc1CNC(=O)C1CCCN1C. The van der Waals surface area contributed by atoms with Gasteiger partial charge in [-0.2, -0.15) is 0 Å². The van der Waals surface area contributed by atoms with Crippen molar-refractivity contribution in [2.75, 3.05) is 20.7 Å². The highest BCUT2D eigenvalue weighted by Gasteiger charge is 2.36. The smallest absolute Gasteiger partial charge is 0.248 e. The number of carbonyl (C=O) groups is 1. The number of carbonyl (C=O) groups excluding carboxylic acids is 1. The van der Waals surface area contributed by atoms with Crippen LogP contribution in [0.25, 0.3) is 0 Å². The average molecular weight is 400 g/mol. The van der Waals surface area contributed by atoms with Crippen molar-refractivity contribution in [2.24, 2.45) is 0 Å². The number of halogens is 3. The number of rotatable bonds is 6. The maximum Gasteiger partial charge on any atom is 0.248 e. The van der Waals surface area contributed by atoms with Crippen LogP contribution < -0.4 is 14.8 Å². The predicted octanol–water partition coefficient (Wildman–Crippen LogP) is 3.50. The lowest BCUT2D eigenvalue weighted by molar-refractivity contribution is -0.125. The lowest BCUT2D eigenvalue weighted by atomic mass is 9.94. The molecule has 2 aliphatic rings. The molecule has 1 N–H and O–H groups in total. The van der Waals surface area contributed by atoms with E-state index in [2.05, 4.69) is 5.32 Å². The molecule has 0 bridgehead atoms. The van der Waals surface area contributed by atoms with Crippen LogP contribution >= 0.6 is 0 Å². The molecule has 1 aromatic carbocycles. The van der Waals surface area contributed by atoms with Crippen molar-refractivity contribution >= 4 is 5.91 Å². The minimum Gasteiger partial charge on any atom is -0.496 e. The molecular formula is C20H27F3N2O3. The number of hydrogen-bond acceptors (Lipinski definition) is 4. The van der Waals surface area contributed by atoms with E-state index in [1.54, 1.807) is 0 Å². The lowest BCUT2D eigenvalue weighted by Crippen LogP contribution is -2.41. The van der Waals surface area contributed by atoms with Gasteiger partial charge in [-0.3, -0.25) is 9.69 Å². The Kier molecular flexibility index (Phi) is 6.37. The maximum absolute atomic E-state index is 14.5. The number of hydrogen-bond donors (Lipinski definition) is 1. The summed E-state index contributed by atoms with van der Waals surface area (Å²) < 4.78 is 52.0. The van der Waals surface area contributed by atoms with Crippen LogP contribution in [0.4, 0.5) is 13.2 Å². The van der Waals surface area contributed by atoms with Crippen LogP contribution in [0.3, 0.4) is 0 Å². The van der Waals surface area contributed by atoms with E-state index in [0.29, 0.717) is 11.3 Å². The third-order valence-electron chi connectivity index (χ3n) is 5.57. The molecule has 1 unspecified atom stereocenters. The van der Waals surface area contributed by atoms with Gasteiger partial charge in [0, 0.05) is 31.0 Å². The zero-order valence-corrected chi connectivity index (χ0v) is 16.3. The standard InChI is InChI=1S/C20H27F3N2O3/c1-25-9-3-4-16(25)19(26)24-12-13-10-15(21)18(11-17(13)27-2)28-14-5-7-20(22,23)8-6-14/h10-11,14,16H,3-9,12H2,1-2H3,(H,24,26). The van der Waals surface area contributed by atoms with Gasteiger partial charge in [0.25, 0.3) is 0 Å². The summed E-state index contributed by atoms with van der Waals surface area (Å²) in [5.74, 6) is -2.98. The van der Waals surface area contributed by atoms with Crippen LogP contribution in [0.2, 0.25) is 0 Å². The van der Waals surface area contributed by atoms with Gasteiger partial charge in [-0.15, -0.1) is 0 Å². The van der Waals surface area contributed by atoms with Crippen LogP contribution in [0.1, 0.15) is 44.1 Å². The first kappa shape index (κ1) is 20.8. The van der Waals surface area contributed by atoms with Crippen molar-refractivity contribution in [3.8, 4) is 11.5 Å². The quantitative estimate of drug-likeness (QED) is 0.794. The Labute approximate surface area is 163 Å². The van der Waals surface area contributed by atoms with Gasteiger partial charge in [0.15, 0.2) is 11.6 Å². The molecular weight excluding hydrogens is 373 g/mol. The van der Waals surface area contributed by atoms with E-state index >= 15 is 0 Å². The molecule has 5 nitrogen and oxygen atoms in total. The van der Waals surface area contributed by atoms with E-state index in [9.17, 15) is 18.0 Å². The number of likely N-dealkylation sites (tertiary alicyclic amines) is 1. The first-order chi connectivity index (χ1) is 13.3. The summed E-state index contributed by atoms with van der Waals surface area (Å²) in [5.41, 5.74) is 0.497. The number of nitrogens with one attached hydrogen (secondary N) is 1. The van der Waals surface area contributed by atoms with E-state index in [1.165, 1.54) is 19.2 Å². The fourth-order valence-electron chi connectivity index (χ4n) is 3.85. The van der Waals surface area contributed by atoms with Gasteiger partial charge < -0.3 is 14.8 Å². The number of likely N-dealkylation sites (N-methyl/N-ethyl adjacent to an activating group) is 1. The summed E-state index contributed by atoms with van der Waals surface area (Å²) in [6.07, 6.45) is 1.20. The molecule has 2 fully saturated rings. The van der Waals surface area contributed by atoms with Gasteiger partial charge in [-0.25, -0.2) is 13.2 Å². The van der Waals surface area contributed by atoms with Gasteiger partial charge in [0.1, 0.15) is 5.75 Å². The molecule has 0 spiro atoms. The van der Waals surface area contributed by atoms with Gasteiger partial charge in [-0.1, -0.05) is 0 Å². The van der Waals surface area contributed by atoms with Gasteiger partial charge in [-0.05, 0) is 45.3 Å². The third-order valence-corrected chi connectivity index (χ3v) is 5.57. The highest BCUT2D eigenvalue weighted by molar-refractivity contribution is 5.82. The zero-order valence-electron chi connectivity index (χ0n) is 16.3. The molecule has 3 rings (SSSR count). The normalized spacial score (nSPS) is 22.8. The summed E-state index contributed by atoms with van der Waals surface area (Å²) in [7, 11) is 3.36. The molecule has 1 heterocycles. The van der Waals surface area contributed by atoms with Crippen molar-refractivity contribution < 1.29 is 27.4 Å². The molecule has 1 saturated carbocycles. The summed E-state index contributed by atoms with van der Waals surface area (Å²) >= 11 is 0. The molecule has 1 aromatic rings. The molecule has 8 heteroatoms. The average Bonchev–Trinajstić information content (AvgIpc) is 3.09. The summed E-state index contributed by atoms with van der Waals surface area (Å²) in [4.78, 5) is 14.3. The zero-order chi connectivity index (χ0) is 20.3. The summed E-state index contributed by atoms with van der Waals surface area (Å²) in [6.45, 7) is 1.02. The van der Waals surface area contributed by atoms with Crippen LogP contribution in [-0.4, -0.2) is 49.6 Å². The van der Waals surface area contributed by atoms with Crippen molar-refractivity contribution in [1.82, 2.24) is 10.2 Å². The van der Waals surface area contributed by atoms with Crippen molar-refractivity contribution in [3.63, 3.8) is 0 Å². The Bertz CT molecular complexity index is 704. The maximum atomic E-state index is 14.5. The molecule has 0 radical (unpaired) electrons. The van der Waals surface area contributed by atoms with Gasteiger partial charge in [0.05, 0.1) is 19.3 Å². The Morgan fingerprint density at radius 1 is 1.25 bits per heavy atom. The van der Waals surface area contributed by atoms with Crippen LogP contribution in [0, 0.1) is 5.82 Å². The van der Waals surface area contributed by atoms with Crippen molar-refractivity contribution in [2.45, 2.75) is 63.1 Å². The van der Waals surface area contributed by atoms with E-state index in [1.807, 2.05) is 11.9 Å². The monoisotopic (exact) mass is 400 g/mol. The minimum atomic E-state index is -2.66. The summed E-state index contributed by atoms with van der Waals surface area (Å²) in [6, 6.07) is 2.53. The third kappa shape index (κ3) is 4.90. The highest BCUT2D eigenvalue weighted by Crippen LogP contribution is 2.36. The first-order valence-corrected chi connectivity index (χ1v) is 9.68. The van der Waals surface area contributed by atoms with E-state index in [-0.39, 0.29) is 49.9 Å². The number of alkyl halides is 2. The lowest BCUT2D eigenvalue weighted by Gasteiger charge is -2.29. The molecule has 1 aliphatic carbocycles. The molecule has 1 saturated heterocycles. The Morgan fingerprint density at radius 2 is 1.96 bits per heavy atom. The van der Waals surface area contributed by atoms with E-state index < -0.39 is 17.8 Å². The van der Waals surface area contributed by atoms with Crippen molar-refractivity contribution in [1.29, 1.82) is 0 Å². The predicted molar refractivity (Wildman–Crippen MR) is 98.3 cm³/mol. The van der Waals surface area contributed by atoms with Crippen molar-refractivity contribution in [3.05, 3.63) is 23.5 Å². The fourth-order valence-corrected chi connectivity index (χ4v) is 3.85. The second-order valence-corrected chi connectivity index (χ2v) is 7.62. The largest absolute Gasteiger partial charge is 0.496 e. The Balaban J connectivity index is 1.63. The topological polar surface area (TPSA) is 50.8 Å². The number of ether oxygens (including phenoxy) is 2. The number of nitrogens with zero attached hydrogens (tertiary/aromatic N) is 1. The fraction of sp³-hybridized carbons (Fsp3) is 0.650. The number of amides is 1. The van der Waals surface area contributed by atoms with E-state index in [0.717, 1.165) is 19.4 Å². The molecule has 1 atom stereocenters. The van der Waals surface area contributed by atoms with Crippen LogP contribution in [0.5, 0.6) is 11.5 Å². The molecule has 1 aliphatic heterocycles. The highest BCUT2D eigenvalue weighted by atomic mass is 19.3. The van der Waals surface area contributed by atoms with Crippen LogP contribution in [0.15, 0.2) is 12.1 Å². The number of benzene rings is 1. The van der Waals surface area contributed by atoms with Gasteiger partial charge >= 0.3 is 0 Å². The minimum absolute atomic E-state index is 0.0160.